The van der Waals surface area contributed by atoms with Gasteiger partial charge in [-0.1, -0.05) is 6.92 Å². The topological polar surface area (TPSA) is 75.9 Å². The molecule has 0 unspecified atom stereocenters. The zero-order chi connectivity index (χ0) is 14.4. The third kappa shape index (κ3) is 2.37. The van der Waals surface area contributed by atoms with Crippen molar-refractivity contribution in [3.05, 3.63) is 11.9 Å². The number of nitrogens with two attached hydrogens (primary N) is 1. The summed E-state index contributed by atoms with van der Waals surface area (Å²) in [6, 6.07) is 1.94. The van der Waals surface area contributed by atoms with E-state index < -0.39 is 0 Å². The van der Waals surface area contributed by atoms with E-state index in [4.69, 9.17) is 5.84 Å². The SMILES string of the molecule is CCc1nc(NN)cc(NC23CC4CC(CC(C4)C2)C3)n1. The van der Waals surface area contributed by atoms with Crippen molar-refractivity contribution in [2.24, 2.45) is 23.6 Å². The Morgan fingerprint density at radius 2 is 1.67 bits per heavy atom. The maximum atomic E-state index is 5.54. The monoisotopic (exact) mass is 287 g/mol. The van der Waals surface area contributed by atoms with Crippen LogP contribution in [0, 0.1) is 17.8 Å². The van der Waals surface area contributed by atoms with Crippen LogP contribution in [-0.4, -0.2) is 15.5 Å². The van der Waals surface area contributed by atoms with E-state index in [0.717, 1.165) is 35.8 Å². The number of hydrogen-bond donors (Lipinski definition) is 3. The Morgan fingerprint density at radius 3 is 2.19 bits per heavy atom. The Kier molecular flexibility index (Phi) is 3.06. The number of anilines is 2. The largest absolute Gasteiger partial charge is 0.364 e. The molecule has 4 aliphatic rings. The second-order valence-corrected chi connectivity index (χ2v) is 7.38. The van der Waals surface area contributed by atoms with Crippen molar-refractivity contribution >= 4 is 11.6 Å². The molecule has 1 aromatic heterocycles. The summed E-state index contributed by atoms with van der Waals surface area (Å²) in [7, 11) is 0. The maximum absolute atomic E-state index is 5.54. The first-order chi connectivity index (χ1) is 10.2. The van der Waals surface area contributed by atoms with Gasteiger partial charge in [0, 0.05) is 18.0 Å². The quantitative estimate of drug-likeness (QED) is 0.586. The predicted molar refractivity (Wildman–Crippen MR) is 83.7 cm³/mol. The molecule has 5 heteroatoms. The van der Waals surface area contributed by atoms with Gasteiger partial charge >= 0.3 is 0 Å². The summed E-state index contributed by atoms with van der Waals surface area (Å²) in [5.74, 6) is 10.8. The average molecular weight is 287 g/mol. The summed E-state index contributed by atoms with van der Waals surface area (Å²) in [5, 5.41) is 3.79. The average Bonchev–Trinajstić information content (AvgIpc) is 2.44. The van der Waals surface area contributed by atoms with Crippen molar-refractivity contribution in [2.45, 2.75) is 57.4 Å². The molecule has 1 aromatic rings. The fraction of sp³-hybridized carbons (Fsp3) is 0.750. The molecule has 114 valence electrons. The number of nitrogen functional groups attached to an aromatic ring is 1. The van der Waals surface area contributed by atoms with Gasteiger partial charge in [-0.3, -0.25) is 0 Å². The van der Waals surface area contributed by atoms with Crippen LogP contribution < -0.4 is 16.6 Å². The molecule has 4 fully saturated rings. The van der Waals surface area contributed by atoms with Crippen LogP contribution in [0.4, 0.5) is 11.6 Å². The molecule has 21 heavy (non-hydrogen) atoms. The van der Waals surface area contributed by atoms with Crippen molar-refractivity contribution in [2.75, 3.05) is 10.7 Å². The van der Waals surface area contributed by atoms with E-state index in [1.54, 1.807) is 0 Å². The van der Waals surface area contributed by atoms with E-state index >= 15 is 0 Å². The number of hydrogen-bond acceptors (Lipinski definition) is 5. The second kappa shape index (κ2) is 4.83. The second-order valence-electron chi connectivity index (χ2n) is 7.38. The Balaban J connectivity index is 1.61. The zero-order valence-electron chi connectivity index (χ0n) is 12.7. The van der Waals surface area contributed by atoms with Crippen molar-refractivity contribution in [3.8, 4) is 0 Å². The smallest absolute Gasteiger partial charge is 0.145 e. The molecule has 5 rings (SSSR count). The number of aryl methyl sites for hydroxylation is 1. The third-order valence-electron chi connectivity index (χ3n) is 5.67. The van der Waals surface area contributed by atoms with Crippen LogP contribution in [0.1, 0.15) is 51.3 Å². The first-order valence-corrected chi connectivity index (χ1v) is 8.31. The van der Waals surface area contributed by atoms with Gasteiger partial charge in [-0.25, -0.2) is 15.8 Å². The van der Waals surface area contributed by atoms with E-state index in [9.17, 15) is 0 Å². The highest BCUT2D eigenvalue weighted by Crippen LogP contribution is 2.56. The molecule has 0 amide bonds. The molecular formula is C16H25N5. The number of nitrogens with one attached hydrogen (secondary N) is 2. The minimum atomic E-state index is 0.278. The molecule has 1 heterocycles. The molecule has 0 spiro atoms. The molecule has 4 bridgehead atoms. The van der Waals surface area contributed by atoms with E-state index in [2.05, 4.69) is 27.6 Å². The Bertz CT molecular complexity index is 484. The van der Waals surface area contributed by atoms with Crippen LogP contribution in [0.3, 0.4) is 0 Å². The number of aromatic nitrogens is 2. The summed E-state index contributed by atoms with van der Waals surface area (Å²) in [6.45, 7) is 2.07. The van der Waals surface area contributed by atoms with Gasteiger partial charge < -0.3 is 10.7 Å². The Hall–Kier alpha value is -1.36. The molecule has 0 aromatic carbocycles. The standard InChI is InChI=1S/C16H25N5/c1-2-13-18-14(6-15(19-13)21-17)20-16-7-10-3-11(8-16)5-12(4-10)9-16/h6,10-12H,2-5,7-9,17H2,1H3,(H2,18,19,20,21). The van der Waals surface area contributed by atoms with Gasteiger partial charge in [0.15, 0.2) is 0 Å². The highest BCUT2D eigenvalue weighted by molar-refractivity contribution is 5.49. The van der Waals surface area contributed by atoms with Crippen LogP contribution in [0.25, 0.3) is 0 Å². The van der Waals surface area contributed by atoms with Crippen LogP contribution in [0.2, 0.25) is 0 Å². The molecule has 5 nitrogen and oxygen atoms in total. The van der Waals surface area contributed by atoms with Crippen molar-refractivity contribution in [3.63, 3.8) is 0 Å². The summed E-state index contributed by atoms with van der Waals surface area (Å²) in [5.41, 5.74) is 2.94. The Labute approximate surface area is 126 Å². The number of nitrogens with zero attached hydrogens (tertiary/aromatic N) is 2. The minimum Gasteiger partial charge on any atom is -0.364 e. The third-order valence-corrected chi connectivity index (χ3v) is 5.67. The van der Waals surface area contributed by atoms with Gasteiger partial charge in [-0.05, 0) is 56.3 Å². The van der Waals surface area contributed by atoms with Crippen molar-refractivity contribution in [1.29, 1.82) is 0 Å². The lowest BCUT2D eigenvalue weighted by atomic mass is 9.53. The zero-order valence-corrected chi connectivity index (χ0v) is 12.7. The van der Waals surface area contributed by atoms with Crippen LogP contribution in [0.15, 0.2) is 6.07 Å². The van der Waals surface area contributed by atoms with Gasteiger partial charge in [-0.2, -0.15) is 0 Å². The molecule has 0 saturated heterocycles. The lowest BCUT2D eigenvalue weighted by Gasteiger charge is -2.57. The van der Waals surface area contributed by atoms with Gasteiger partial charge in [0.25, 0.3) is 0 Å². The van der Waals surface area contributed by atoms with E-state index in [1.165, 1.54) is 38.5 Å². The minimum absolute atomic E-state index is 0.278. The fourth-order valence-electron chi connectivity index (χ4n) is 5.33. The number of hydrazine groups is 1. The first-order valence-electron chi connectivity index (χ1n) is 8.31. The van der Waals surface area contributed by atoms with Gasteiger partial charge in [0.1, 0.15) is 17.5 Å². The summed E-state index contributed by atoms with van der Waals surface area (Å²) in [4.78, 5) is 9.04. The molecule has 4 N–H and O–H groups in total. The summed E-state index contributed by atoms with van der Waals surface area (Å²) in [6.07, 6.45) is 9.15. The molecular weight excluding hydrogens is 262 g/mol. The van der Waals surface area contributed by atoms with Crippen LogP contribution in [-0.2, 0) is 6.42 Å². The molecule has 0 radical (unpaired) electrons. The van der Waals surface area contributed by atoms with Gasteiger partial charge in [0.05, 0.1) is 0 Å². The van der Waals surface area contributed by atoms with Crippen molar-refractivity contribution in [1.82, 2.24) is 9.97 Å². The first kappa shape index (κ1) is 13.3. The number of rotatable bonds is 4. The van der Waals surface area contributed by atoms with Gasteiger partial charge in [0.2, 0.25) is 0 Å². The predicted octanol–water partition coefficient (Wildman–Crippen LogP) is 2.71. The molecule has 4 aliphatic carbocycles. The van der Waals surface area contributed by atoms with E-state index in [0.29, 0.717) is 5.82 Å². The summed E-state index contributed by atoms with van der Waals surface area (Å²) < 4.78 is 0. The molecule has 0 aliphatic heterocycles. The normalized spacial score (nSPS) is 36.8. The molecule has 0 atom stereocenters. The fourth-order valence-corrected chi connectivity index (χ4v) is 5.33. The molecule has 4 saturated carbocycles. The maximum Gasteiger partial charge on any atom is 0.145 e. The van der Waals surface area contributed by atoms with Crippen LogP contribution >= 0.6 is 0 Å². The lowest BCUT2D eigenvalue weighted by molar-refractivity contribution is 0.0105. The van der Waals surface area contributed by atoms with E-state index in [1.807, 2.05) is 6.07 Å². The van der Waals surface area contributed by atoms with E-state index in [-0.39, 0.29) is 5.54 Å². The van der Waals surface area contributed by atoms with Gasteiger partial charge in [-0.15, -0.1) is 0 Å². The lowest BCUT2D eigenvalue weighted by Crippen LogP contribution is -2.54. The summed E-state index contributed by atoms with van der Waals surface area (Å²) >= 11 is 0. The van der Waals surface area contributed by atoms with Crippen molar-refractivity contribution < 1.29 is 0 Å². The van der Waals surface area contributed by atoms with Crippen LogP contribution in [0.5, 0.6) is 0 Å². The Morgan fingerprint density at radius 1 is 1.10 bits per heavy atom. The highest BCUT2D eigenvalue weighted by Gasteiger charge is 2.51. The highest BCUT2D eigenvalue weighted by atomic mass is 15.3.